The molecule has 148 valence electrons. The molecule has 1 atom stereocenters. The Bertz CT molecular complexity index is 660. The molecule has 3 rings (SSSR count). The first-order valence-electron chi connectivity index (χ1n) is 9.44. The summed E-state index contributed by atoms with van der Waals surface area (Å²) in [6, 6.07) is 18.2. The summed E-state index contributed by atoms with van der Waals surface area (Å²) in [7, 11) is 1.63. The number of hydrogen-bond donors (Lipinski definition) is 1. The standard InChI is InChI=1S/C22H29NO3.ClH/c1-25-21-8-5-9-22(15-21)26-17-20(24)16-23-12-10-19(11-13-23)14-18-6-3-2-4-7-18;/h2-9,15,19-20,24H,10-14,16-17H2,1H3;1H/p-1. The van der Waals surface area contributed by atoms with Gasteiger partial charge in [0.2, 0.25) is 0 Å². The van der Waals surface area contributed by atoms with Crippen LogP contribution in [0.15, 0.2) is 54.6 Å². The molecule has 2 aromatic carbocycles. The molecule has 5 heteroatoms. The fourth-order valence-electron chi connectivity index (χ4n) is 3.55. The fraction of sp³-hybridized carbons (Fsp3) is 0.455. The minimum absolute atomic E-state index is 0. The van der Waals surface area contributed by atoms with Gasteiger partial charge in [-0.1, -0.05) is 36.4 Å². The van der Waals surface area contributed by atoms with Crippen LogP contribution in [0.25, 0.3) is 0 Å². The largest absolute Gasteiger partial charge is 1.00 e. The summed E-state index contributed by atoms with van der Waals surface area (Å²) in [4.78, 5) is 2.35. The molecular formula is C22H29ClNO3-. The van der Waals surface area contributed by atoms with E-state index >= 15 is 0 Å². The number of β-amino-alcohol motifs (C(OH)–C–C–N with tert-alkyl or cyclic N) is 1. The lowest BCUT2D eigenvalue weighted by Gasteiger charge is -2.33. The minimum Gasteiger partial charge on any atom is -1.00 e. The van der Waals surface area contributed by atoms with Gasteiger partial charge in [-0.15, -0.1) is 0 Å². The zero-order valence-electron chi connectivity index (χ0n) is 15.9. The van der Waals surface area contributed by atoms with Crippen molar-refractivity contribution >= 4 is 0 Å². The second-order valence-corrected chi connectivity index (χ2v) is 7.08. The predicted octanol–water partition coefficient (Wildman–Crippen LogP) is 0.394. The highest BCUT2D eigenvalue weighted by molar-refractivity contribution is 5.32. The number of piperidine rings is 1. The maximum absolute atomic E-state index is 10.3. The first-order chi connectivity index (χ1) is 12.7. The lowest BCUT2D eigenvalue weighted by atomic mass is 9.90. The van der Waals surface area contributed by atoms with Gasteiger partial charge in [0.15, 0.2) is 0 Å². The molecule has 0 spiro atoms. The van der Waals surface area contributed by atoms with Crippen molar-refractivity contribution in [1.29, 1.82) is 0 Å². The van der Waals surface area contributed by atoms with E-state index in [1.54, 1.807) is 7.11 Å². The number of rotatable bonds is 8. The molecule has 2 aromatic rings. The monoisotopic (exact) mass is 390 g/mol. The molecule has 1 aliphatic rings. The van der Waals surface area contributed by atoms with Gasteiger partial charge in [-0.3, -0.25) is 0 Å². The number of benzene rings is 2. The first kappa shape index (κ1) is 21.5. The van der Waals surface area contributed by atoms with E-state index in [1.807, 2.05) is 24.3 Å². The normalized spacial score (nSPS) is 16.4. The maximum Gasteiger partial charge on any atom is 0.123 e. The van der Waals surface area contributed by atoms with Gasteiger partial charge in [0.25, 0.3) is 0 Å². The Hall–Kier alpha value is -1.75. The molecule has 0 aliphatic carbocycles. The van der Waals surface area contributed by atoms with Crippen molar-refractivity contribution in [2.24, 2.45) is 5.92 Å². The van der Waals surface area contributed by atoms with E-state index < -0.39 is 6.10 Å². The second kappa shape index (κ2) is 11.2. The molecule has 0 radical (unpaired) electrons. The van der Waals surface area contributed by atoms with Crippen LogP contribution in [0.2, 0.25) is 0 Å². The Morgan fingerprint density at radius 1 is 1.04 bits per heavy atom. The summed E-state index contributed by atoms with van der Waals surface area (Å²) in [6.07, 6.45) is 3.07. The number of methoxy groups -OCH3 is 1. The molecule has 27 heavy (non-hydrogen) atoms. The fourth-order valence-corrected chi connectivity index (χ4v) is 3.55. The molecule has 1 saturated heterocycles. The molecule has 1 N–H and O–H groups in total. The van der Waals surface area contributed by atoms with Gasteiger partial charge in [0.05, 0.1) is 7.11 Å². The quantitative estimate of drug-likeness (QED) is 0.708. The Labute approximate surface area is 168 Å². The Kier molecular flexibility index (Phi) is 8.92. The third kappa shape index (κ3) is 7.06. The van der Waals surface area contributed by atoms with Gasteiger partial charge >= 0.3 is 0 Å². The van der Waals surface area contributed by atoms with Crippen molar-refractivity contribution in [2.45, 2.75) is 25.4 Å². The van der Waals surface area contributed by atoms with E-state index in [9.17, 15) is 5.11 Å². The van der Waals surface area contributed by atoms with Gasteiger partial charge in [0, 0.05) is 12.6 Å². The van der Waals surface area contributed by atoms with Crippen LogP contribution in [0.3, 0.4) is 0 Å². The van der Waals surface area contributed by atoms with Crippen molar-refractivity contribution in [3.63, 3.8) is 0 Å². The van der Waals surface area contributed by atoms with E-state index in [0.29, 0.717) is 13.2 Å². The number of likely N-dealkylation sites (tertiary alicyclic amines) is 1. The van der Waals surface area contributed by atoms with Crippen molar-refractivity contribution in [2.75, 3.05) is 33.4 Å². The lowest BCUT2D eigenvalue weighted by molar-refractivity contribution is -0.00000787. The van der Waals surface area contributed by atoms with Crippen molar-refractivity contribution in [3.8, 4) is 11.5 Å². The average Bonchev–Trinajstić information content (AvgIpc) is 2.69. The molecule has 0 amide bonds. The van der Waals surface area contributed by atoms with Gasteiger partial charge in [-0.2, -0.15) is 0 Å². The smallest absolute Gasteiger partial charge is 0.123 e. The zero-order valence-corrected chi connectivity index (χ0v) is 16.6. The molecule has 0 saturated carbocycles. The van der Waals surface area contributed by atoms with Crippen LogP contribution in [-0.4, -0.2) is 49.5 Å². The van der Waals surface area contributed by atoms with Crippen LogP contribution in [0.4, 0.5) is 0 Å². The van der Waals surface area contributed by atoms with Gasteiger partial charge in [-0.25, -0.2) is 0 Å². The van der Waals surface area contributed by atoms with Crippen LogP contribution < -0.4 is 21.9 Å². The number of aliphatic hydroxyl groups excluding tert-OH is 1. The molecule has 1 heterocycles. The molecular weight excluding hydrogens is 362 g/mol. The van der Waals surface area contributed by atoms with E-state index in [2.05, 4.69) is 35.2 Å². The molecule has 1 fully saturated rings. The highest BCUT2D eigenvalue weighted by Gasteiger charge is 2.21. The highest BCUT2D eigenvalue weighted by atomic mass is 35.5. The maximum atomic E-state index is 10.3. The van der Waals surface area contributed by atoms with Gasteiger partial charge in [-0.05, 0) is 56.0 Å². The third-order valence-corrected chi connectivity index (χ3v) is 5.03. The van der Waals surface area contributed by atoms with Crippen molar-refractivity contribution in [1.82, 2.24) is 4.90 Å². The summed E-state index contributed by atoms with van der Waals surface area (Å²) in [5.41, 5.74) is 1.43. The third-order valence-electron chi connectivity index (χ3n) is 5.03. The lowest BCUT2D eigenvalue weighted by Crippen LogP contribution is -3.00. The molecule has 0 aromatic heterocycles. The Morgan fingerprint density at radius 2 is 1.74 bits per heavy atom. The molecule has 4 nitrogen and oxygen atoms in total. The van der Waals surface area contributed by atoms with Gasteiger partial charge in [0.1, 0.15) is 24.2 Å². The molecule has 1 unspecified atom stereocenters. The summed E-state index contributed by atoms with van der Waals surface area (Å²) in [5.74, 6) is 2.24. The van der Waals surface area contributed by atoms with Crippen LogP contribution in [0.5, 0.6) is 11.5 Å². The zero-order chi connectivity index (χ0) is 18.2. The van der Waals surface area contributed by atoms with Gasteiger partial charge < -0.3 is 31.9 Å². The highest BCUT2D eigenvalue weighted by Crippen LogP contribution is 2.22. The number of halogens is 1. The summed E-state index contributed by atoms with van der Waals surface area (Å²) >= 11 is 0. The van der Waals surface area contributed by atoms with E-state index in [-0.39, 0.29) is 12.4 Å². The van der Waals surface area contributed by atoms with Crippen LogP contribution in [-0.2, 0) is 6.42 Å². The summed E-state index contributed by atoms with van der Waals surface area (Å²) in [5, 5.41) is 10.3. The van der Waals surface area contributed by atoms with E-state index in [1.165, 1.54) is 18.4 Å². The minimum atomic E-state index is -0.480. The van der Waals surface area contributed by atoms with E-state index in [0.717, 1.165) is 36.9 Å². The number of aliphatic hydroxyl groups is 1. The van der Waals surface area contributed by atoms with E-state index in [4.69, 9.17) is 9.47 Å². The Morgan fingerprint density at radius 3 is 2.44 bits per heavy atom. The Balaban J connectivity index is 0.00000261. The van der Waals surface area contributed by atoms with Crippen LogP contribution in [0.1, 0.15) is 18.4 Å². The van der Waals surface area contributed by atoms with Crippen molar-refractivity contribution in [3.05, 3.63) is 60.2 Å². The van der Waals surface area contributed by atoms with Crippen LogP contribution in [0, 0.1) is 5.92 Å². The number of ether oxygens (including phenoxy) is 2. The predicted molar refractivity (Wildman–Crippen MR) is 104 cm³/mol. The number of hydrogen-bond acceptors (Lipinski definition) is 4. The molecule has 0 bridgehead atoms. The van der Waals surface area contributed by atoms with Crippen LogP contribution >= 0.6 is 0 Å². The van der Waals surface area contributed by atoms with Crippen molar-refractivity contribution < 1.29 is 27.0 Å². The SMILES string of the molecule is COc1cccc(OCC(O)CN2CCC(Cc3ccccc3)CC2)c1.[Cl-]. The topological polar surface area (TPSA) is 41.9 Å². The number of nitrogens with zero attached hydrogens (tertiary/aromatic N) is 1. The first-order valence-corrected chi connectivity index (χ1v) is 9.44. The summed E-state index contributed by atoms with van der Waals surface area (Å²) < 4.78 is 10.9. The average molecular weight is 391 g/mol. The summed E-state index contributed by atoms with van der Waals surface area (Å²) in [6.45, 7) is 3.07. The molecule has 1 aliphatic heterocycles. The second-order valence-electron chi connectivity index (χ2n) is 7.08.